The molecule has 0 unspecified atom stereocenters. The molecule has 88 valence electrons. The van der Waals surface area contributed by atoms with Crippen LogP contribution in [-0.2, 0) is 0 Å². The lowest BCUT2D eigenvalue weighted by Crippen LogP contribution is -2.19. The highest BCUT2D eigenvalue weighted by atomic mass is 79.9. The fourth-order valence-electron chi connectivity index (χ4n) is 1.21. The smallest absolute Gasteiger partial charge is 0.308 e. The molecule has 0 spiro atoms. The van der Waals surface area contributed by atoms with Gasteiger partial charge in [0.05, 0.1) is 9.98 Å². The van der Waals surface area contributed by atoms with Gasteiger partial charge in [0, 0.05) is 5.69 Å². The number of nitrogens with one attached hydrogen (secondary N) is 2. The van der Waals surface area contributed by atoms with Crippen molar-refractivity contribution in [3.63, 3.8) is 0 Å². The van der Waals surface area contributed by atoms with Gasteiger partial charge in [0.2, 0.25) is 0 Å². The molecule has 1 aromatic carbocycles. The molecule has 0 atom stereocenters. The summed E-state index contributed by atoms with van der Waals surface area (Å²) in [6, 6.07) is 7.29. The number of carbonyl (C=O) groups excluding carboxylic acids is 1. The number of amides is 2. The average molecular weight is 312 g/mol. The maximum Gasteiger partial charge on any atom is 0.325 e. The topological polar surface area (TPSA) is 54.0 Å². The number of aryl methyl sites for hydroxylation is 1. The normalized spacial score (nSPS) is 10.0. The van der Waals surface area contributed by atoms with Crippen LogP contribution in [0.25, 0.3) is 0 Å². The number of hydrogen-bond donors (Lipinski definition) is 2. The molecule has 0 aliphatic rings. The molecule has 0 saturated carbocycles. The number of aromatic nitrogens is 1. The first-order chi connectivity index (χ1) is 8.13. The van der Waals surface area contributed by atoms with Crippen LogP contribution in [0.15, 0.2) is 34.2 Å². The van der Waals surface area contributed by atoms with E-state index in [0.29, 0.717) is 5.13 Å². The van der Waals surface area contributed by atoms with Gasteiger partial charge in [0.25, 0.3) is 0 Å². The van der Waals surface area contributed by atoms with Crippen LogP contribution in [0.5, 0.6) is 0 Å². The van der Waals surface area contributed by atoms with E-state index in [1.807, 2.05) is 31.2 Å². The lowest BCUT2D eigenvalue weighted by molar-refractivity contribution is 0.262. The summed E-state index contributed by atoms with van der Waals surface area (Å²) in [7, 11) is 0. The number of halogens is 1. The highest BCUT2D eigenvalue weighted by Crippen LogP contribution is 2.23. The molecule has 2 amide bonds. The molecular weight excluding hydrogens is 302 g/mol. The van der Waals surface area contributed by atoms with E-state index in [9.17, 15) is 4.79 Å². The summed E-state index contributed by atoms with van der Waals surface area (Å²) >= 11 is 4.64. The third-order valence-corrected chi connectivity index (χ3v) is 3.40. The van der Waals surface area contributed by atoms with Gasteiger partial charge >= 0.3 is 6.03 Å². The highest BCUT2D eigenvalue weighted by molar-refractivity contribution is 9.11. The fourth-order valence-corrected chi connectivity index (χ4v) is 2.31. The lowest BCUT2D eigenvalue weighted by atomic mass is 10.2. The minimum atomic E-state index is -0.296. The standard InChI is InChI=1S/C11H10BrN3OS/c1-7-2-4-8(5-3-7)14-10(16)15-11-13-6-9(12)17-11/h2-6H,1H3,(H2,13,14,15,16). The van der Waals surface area contributed by atoms with E-state index in [1.54, 1.807) is 6.20 Å². The van der Waals surface area contributed by atoms with Gasteiger partial charge in [-0.2, -0.15) is 0 Å². The average Bonchev–Trinajstić information content (AvgIpc) is 2.67. The molecule has 0 bridgehead atoms. The zero-order valence-corrected chi connectivity index (χ0v) is 11.4. The number of urea groups is 1. The SMILES string of the molecule is Cc1ccc(NC(=O)Nc2ncc(Br)s2)cc1. The van der Waals surface area contributed by atoms with Crippen molar-refractivity contribution < 1.29 is 4.79 Å². The fraction of sp³-hybridized carbons (Fsp3) is 0.0909. The van der Waals surface area contributed by atoms with Crippen LogP contribution in [0, 0.1) is 6.92 Å². The van der Waals surface area contributed by atoms with Crippen LogP contribution in [0.2, 0.25) is 0 Å². The Bertz CT molecular complexity index is 524. The Morgan fingerprint density at radius 2 is 2.00 bits per heavy atom. The second-order valence-electron chi connectivity index (χ2n) is 3.41. The summed E-state index contributed by atoms with van der Waals surface area (Å²) in [6.07, 6.45) is 1.64. The Morgan fingerprint density at radius 1 is 1.29 bits per heavy atom. The molecule has 2 N–H and O–H groups in total. The van der Waals surface area contributed by atoms with Crippen molar-refractivity contribution in [2.24, 2.45) is 0 Å². The van der Waals surface area contributed by atoms with Crippen LogP contribution >= 0.6 is 27.3 Å². The van der Waals surface area contributed by atoms with E-state index >= 15 is 0 Å². The third kappa shape index (κ3) is 3.54. The Hall–Kier alpha value is -1.40. The minimum Gasteiger partial charge on any atom is -0.308 e. The van der Waals surface area contributed by atoms with Gasteiger partial charge in [0.1, 0.15) is 0 Å². The Kier molecular flexibility index (Phi) is 3.75. The molecule has 6 heteroatoms. The van der Waals surface area contributed by atoms with E-state index in [1.165, 1.54) is 11.3 Å². The summed E-state index contributed by atoms with van der Waals surface area (Å²) in [4.78, 5) is 15.6. The number of thiazole rings is 1. The number of nitrogens with zero attached hydrogens (tertiary/aromatic N) is 1. The number of hydrogen-bond acceptors (Lipinski definition) is 3. The first-order valence-electron chi connectivity index (χ1n) is 4.89. The maximum absolute atomic E-state index is 11.6. The molecule has 1 heterocycles. The van der Waals surface area contributed by atoms with Crippen molar-refractivity contribution in [3.8, 4) is 0 Å². The van der Waals surface area contributed by atoms with Crippen molar-refractivity contribution in [2.45, 2.75) is 6.92 Å². The molecule has 17 heavy (non-hydrogen) atoms. The van der Waals surface area contributed by atoms with E-state index in [0.717, 1.165) is 15.0 Å². The molecule has 0 fully saturated rings. The summed E-state index contributed by atoms with van der Waals surface area (Å²) in [5, 5.41) is 5.94. The number of benzene rings is 1. The molecule has 0 aliphatic heterocycles. The molecule has 2 aromatic rings. The molecule has 4 nitrogen and oxygen atoms in total. The Morgan fingerprint density at radius 3 is 2.59 bits per heavy atom. The molecule has 0 radical (unpaired) electrons. The van der Waals surface area contributed by atoms with Crippen molar-refractivity contribution in [3.05, 3.63) is 39.8 Å². The lowest BCUT2D eigenvalue weighted by Gasteiger charge is -2.05. The number of rotatable bonds is 2. The number of anilines is 2. The Balaban J connectivity index is 1.95. The summed E-state index contributed by atoms with van der Waals surface area (Å²) in [5.41, 5.74) is 1.91. The summed E-state index contributed by atoms with van der Waals surface area (Å²) < 4.78 is 0.878. The summed E-state index contributed by atoms with van der Waals surface area (Å²) in [5.74, 6) is 0. The predicted molar refractivity (Wildman–Crippen MR) is 73.6 cm³/mol. The van der Waals surface area contributed by atoms with Gasteiger partial charge in [0.15, 0.2) is 5.13 Å². The second-order valence-corrected chi connectivity index (χ2v) is 5.82. The maximum atomic E-state index is 11.6. The van der Waals surface area contributed by atoms with E-state index < -0.39 is 0 Å². The van der Waals surface area contributed by atoms with E-state index in [4.69, 9.17) is 0 Å². The highest BCUT2D eigenvalue weighted by Gasteiger charge is 2.05. The molecule has 1 aromatic heterocycles. The summed E-state index contributed by atoms with van der Waals surface area (Å²) in [6.45, 7) is 2.00. The monoisotopic (exact) mass is 311 g/mol. The van der Waals surface area contributed by atoms with Crippen LogP contribution in [0.3, 0.4) is 0 Å². The van der Waals surface area contributed by atoms with Crippen LogP contribution < -0.4 is 10.6 Å². The third-order valence-electron chi connectivity index (χ3n) is 2.01. The van der Waals surface area contributed by atoms with E-state index in [2.05, 4.69) is 31.5 Å². The van der Waals surface area contributed by atoms with Gasteiger partial charge in [-0.15, -0.1) is 0 Å². The quantitative estimate of drug-likeness (QED) is 0.885. The van der Waals surface area contributed by atoms with Crippen molar-refractivity contribution >= 4 is 44.1 Å². The van der Waals surface area contributed by atoms with Crippen molar-refractivity contribution in [1.82, 2.24) is 4.98 Å². The van der Waals surface area contributed by atoms with Crippen LogP contribution in [0.4, 0.5) is 15.6 Å². The zero-order valence-electron chi connectivity index (χ0n) is 9.03. The molecular formula is C11H10BrN3OS. The van der Waals surface area contributed by atoms with Gasteiger partial charge in [-0.05, 0) is 35.0 Å². The predicted octanol–water partition coefficient (Wildman–Crippen LogP) is 3.86. The van der Waals surface area contributed by atoms with Gasteiger partial charge < -0.3 is 5.32 Å². The minimum absolute atomic E-state index is 0.296. The zero-order chi connectivity index (χ0) is 12.3. The first-order valence-corrected chi connectivity index (χ1v) is 6.50. The molecule has 0 aliphatic carbocycles. The van der Waals surface area contributed by atoms with Crippen molar-refractivity contribution in [2.75, 3.05) is 10.6 Å². The largest absolute Gasteiger partial charge is 0.325 e. The number of carbonyl (C=O) groups is 1. The van der Waals surface area contributed by atoms with Gasteiger partial charge in [-0.1, -0.05) is 29.0 Å². The molecule has 0 saturated heterocycles. The van der Waals surface area contributed by atoms with Gasteiger partial charge in [-0.3, -0.25) is 5.32 Å². The second kappa shape index (κ2) is 5.29. The first kappa shape index (κ1) is 12.1. The van der Waals surface area contributed by atoms with Crippen molar-refractivity contribution in [1.29, 1.82) is 0 Å². The van der Waals surface area contributed by atoms with Crippen LogP contribution in [-0.4, -0.2) is 11.0 Å². The van der Waals surface area contributed by atoms with Crippen LogP contribution in [0.1, 0.15) is 5.56 Å². The Labute approximate surface area is 111 Å². The van der Waals surface area contributed by atoms with E-state index in [-0.39, 0.29) is 6.03 Å². The molecule has 2 rings (SSSR count). The van der Waals surface area contributed by atoms with Gasteiger partial charge in [-0.25, -0.2) is 9.78 Å².